The highest BCUT2D eigenvalue weighted by Crippen LogP contribution is 2.39. The van der Waals surface area contributed by atoms with Crippen molar-refractivity contribution < 1.29 is 4.79 Å². The van der Waals surface area contributed by atoms with Gasteiger partial charge in [-0.15, -0.1) is 0 Å². The number of hydrogen-bond donors (Lipinski definition) is 0. The smallest absolute Gasteiger partial charge is 0.223 e. The first-order valence-electron chi connectivity index (χ1n) is 9.26. The van der Waals surface area contributed by atoms with Crippen LogP contribution in [0.3, 0.4) is 0 Å². The van der Waals surface area contributed by atoms with Crippen LogP contribution in [0.5, 0.6) is 0 Å². The Kier molecular flexibility index (Phi) is 4.88. The van der Waals surface area contributed by atoms with Crippen LogP contribution in [0.2, 0.25) is 0 Å². The Labute approximate surface area is 130 Å². The lowest BCUT2D eigenvalue weighted by atomic mass is 9.87. The van der Waals surface area contributed by atoms with Gasteiger partial charge in [0.2, 0.25) is 5.91 Å². The number of carbonyl (C=O) groups excluding carboxylic acids is 1. The molecule has 3 nitrogen and oxygen atoms in total. The van der Waals surface area contributed by atoms with E-state index in [1.165, 1.54) is 71.0 Å². The average Bonchev–Trinajstić information content (AvgIpc) is 2.68. The molecular formula is C18H32N2O. The molecule has 1 aliphatic carbocycles. The van der Waals surface area contributed by atoms with Gasteiger partial charge in [0.15, 0.2) is 0 Å². The van der Waals surface area contributed by atoms with Gasteiger partial charge in [-0.1, -0.05) is 19.3 Å². The van der Waals surface area contributed by atoms with Crippen LogP contribution in [0, 0.1) is 5.92 Å². The van der Waals surface area contributed by atoms with E-state index in [9.17, 15) is 4.79 Å². The fourth-order valence-corrected chi connectivity index (χ4v) is 5.06. The molecule has 3 heteroatoms. The monoisotopic (exact) mass is 292 g/mol. The Morgan fingerprint density at radius 1 is 1.05 bits per heavy atom. The standard InChI is InChI=1S/C18H32N2O/c1-2-20-17(21)9-11-18(20)10-6-13-19(14-12-18)15-16-7-4-3-5-8-16/h16H,2-15H2,1H3. The predicted molar refractivity (Wildman–Crippen MR) is 86.2 cm³/mol. The zero-order valence-corrected chi connectivity index (χ0v) is 13.8. The van der Waals surface area contributed by atoms with Gasteiger partial charge in [0.1, 0.15) is 0 Å². The van der Waals surface area contributed by atoms with Crippen LogP contribution >= 0.6 is 0 Å². The number of amides is 1. The summed E-state index contributed by atoms with van der Waals surface area (Å²) in [6, 6.07) is 0. The summed E-state index contributed by atoms with van der Waals surface area (Å²) in [5, 5.41) is 0. The number of rotatable bonds is 3. The van der Waals surface area contributed by atoms with Crippen LogP contribution in [0.15, 0.2) is 0 Å². The first-order valence-corrected chi connectivity index (χ1v) is 9.26. The van der Waals surface area contributed by atoms with Crippen molar-refractivity contribution in [3.63, 3.8) is 0 Å². The van der Waals surface area contributed by atoms with Crippen LogP contribution in [0.4, 0.5) is 0 Å². The maximum Gasteiger partial charge on any atom is 0.223 e. The van der Waals surface area contributed by atoms with Crippen molar-refractivity contribution >= 4 is 5.91 Å². The third kappa shape index (κ3) is 3.28. The molecule has 0 radical (unpaired) electrons. The highest BCUT2D eigenvalue weighted by atomic mass is 16.2. The first kappa shape index (κ1) is 15.3. The molecule has 0 N–H and O–H groups in total. The molecule has 2 saturated heterocycles. The molecule has 1 amide bonds. The zero-order chi connectivity index (χ0) is 14.7. The number of nitrogens with zero attached hydrogens (tertiary/aromatic N) is 2. The summed E-state index contributed by atoms with van der Waals surface area (Å²) in [6.07, 6.45) is 12.8. The lowest BCUT2D eigenvalue weighted by Gasteiger charge is -2.37. The predicted octanol–water partition coefficient (Wildman–Crippen LogP) is 3.43. The molecule has 2 aliphatic heterocycles. The molecule has 0 bridgehead atoms. The van der Waals surface area contributed by atoms with E-state index in [2.05, 4.69) is 16.7 Å². The second kappa shape index (κ2) is 6.68. The quantitative estimate of drug-likeness (QED) is 0.795. The van der Waals surface area contributed by atoms with Gasteiger partial charge in [-0.25, -0.2) is 0 Å². The second-order valence-corrected chi connectivity index (χ2v) is 7.52. The third-order valence-electron chi connectivity index (χ3n) is 6.25. The molecule has 2 heterocycles. The van der Waals surface area contributed by atoms with Crippen molar-refractivity contribution in [3.05, 3.63) is 0 Å². The van der Waals surface area contributed by atoms with E-state index in [1.807, 2.05) is 0 Å². The Bertz CT molecular complexity index is 364. The summed E-state index contributed by atoms with van der Waals surface area (Å²) in [5.74, 6) is 1.35. The Balaban J connectivity index is 1.57. The van der Waals surface area contributed by atoms with Crippen LogP contribution in [-0.2, 0) is 4.79 Å². The molecule has 0 aromatic carbocycles. The minimum Gasteiger partial charge on any atom is -0.337 e. The van der Waals surface area contributed by atoms with E-state index in [-0.39, 0.29) is 5.54 Å². The number of hydrogen-bond acceptors (Lipinski definition) is 2. The molecule has 1 unspecified atom stereocenters. The van der Waals surface area contributed by atoms with Crippen molar-refractivity contribution in [2.45, 2.75) is 76.7 Å². The summed E-state index contributed by atoms with van der Waals surface area (Å²) >= 11 is 0. The molecule has 3 rings (SSSR count). The van der Waals surface area contributed by atoms with Gasteiger partial charge >= 0.3 is 0 Å². The van der Waals surface area contributed by atoms with Crippen LogP contribution in [0.25, 0.3) is 0 Å². The largest absolute Gasteiger partial charge is 0.337 e. The summed E-state index contributed by atoms with van der Waals surface area (Å²) in [4.78, 5) is 17.0. The van der Waals surface area contributed by atoms with E-state index in [1.54, 1.807) is 0 Å². The molecule has 1 spiro atoms. The van der Waals surface area contributed by atoms with Gasteiger partial charge in [0, 0.05) is 31.6 Å². The van der Waals surface area contributed by atoms with Crippen molar-refractivity contribution in [1.29, 1.82) is 0 Å². The van der Waals surface area contributed by atoms with Gasteiger partial charge in [-0.3, -0.25) is 4.79 Å². The fourth-order valence-electron chi connectivity index (χ4n) is 5.06. The summed E-state index contributed by atoms with van der Waals surface area (Å²) in [7, 11) is 0. The van der Waals surface area contributed by atoms with Gasteiger partial charge in [0.05, 0.1) is 0 Å². The van der Waals surface area contributed by atoms with Crippen LogP contribution in [0.1, 0.15) is 71.1 Å². The highest BCUT2D eigenvalue weighted by molar-refractivity contribution is 5.79. The van der Waals surface area contributed by atoms with Crippen molar-refractivity contribution in [2.24, 2.45) is 5.92 Å². The molecular weight excluding hydrogens is 260 g/mol. The lowest BCUT2D eigenvalue weighted by molar-refractivity contribution is -0.131. The Hall–Kier alpha value is -0.570. The Morgan fingerprint density at radius 3 is 2.62 bits per heavy atom. The van der Waals surface area contributed by atoms with Gasteiger partial charge in [-0.2, -0.15) is 0 Å². The lowest BCUT2D eigenvalue weighted by Crippen LogP contribution is -2.46. The summed E-state index contributed by atoms with van der Waals surface area (Å²) in [6.45, 7) is 6.83. The highest BCUT2D eigenvalue weighted by Gasteiger charge is 2.44. The molecule has 1 saturated carbocycles. The maximum absolute atomic E-state index is 12.1. The molecule has 3 aliphatic rings. The third-order valence-corrected chi connectivity index (χ3v) is 6.25. The average molecular weight is 292 g/mol. The van der Waals surface area contributed by atoms with E-state index < -0.39 is 0 Å². The summed E-state index contributed by atoms with van der Waals surface area (Å²) in [5.41, 5.74) is 0.215. The summed E-state index contributed by atoms with van der Waals surface area (Å²) < 4.78 is 0. The van der Waals surface area contributed by atoms with Crippen molar-refractivity contribution in [2.75, 3.05) is 26.2 Å². The normalized spacial score (nSPS) is 32.8. The topological polar surface area (TPSA) is 23.6 Å². The molecule has 3 fully saturated rings. The fraction of sp³-hybridized carbons (Fsp3) is 0.944. The Morgan fingerprint density at radius 2 is 1.86 bits per heavy atom. The van der Waals surface area contributed by atoms with Gasteiger partial charge < -0.3 is 9.80 Å². The zero-order valence-electron chi connectivity index (χ0n) is 13.8. The van der Waals surface area contributed by atoms with Gasteiger partial charge in [-0.05, 0) is 57.9 Å². The van der Waals surface area contributed by atoms with Crippen LogP contribution in [-0.4, -0.2) is 47.4 Å². The molecule has 0 aromatic rings. The van der Waals surface area contributed by atoms with Crippen molar-refractivity contribution in [3.8, 4) is 0 Å². The second-order valence-electron chi connectivity index (χ2n) is 7.52. The molecule has 120 valence electrons. The van der Waals surface area contributed by atoms with Crippen LogP contribution < -0.4 is 0 Å². The molecule has 1 atom stereocenters. The van der Waals surface area contributed by atoms with E-state index >= 15 is 0 Å². The number of likely N-dealkylation sites (tertiary alicyclic amines) is 2. The molecule has 0 aromatic heterocycles. The van der Waals surface area contributed by atoms with Crippen molar-refractivity contribution in [1.82, 2.24) is 9.80 Å². The number of carbonyl (C=O) groups is 1. The first-order chi connectivity index (χ1) is 10.2. The minimum absolute atomic E-state index is 0.215. The minimum atomic E-state index is 0.215. The molecule has 21 heavy (non-hydrogen) atoms. The van der Waals surface area contributed by atoms with E-state index in [0.717, 1.165) is 25.3 Å². The SMILES string of the molecule is CCN1C(=O)CCC12CCCN(CC1CCCCC1)CC2. The maximum atomic E-state index is 12.1. The van der Waals surface area contributed by atoms with Gasteiger partial charge in [0.25, 0.3) is 0 Å². The van der Waals surface area contributed by atoms with E-state index in [4.69, 9.17) is 0 Å². The van der Waals surface area contributed by atoms with E-state index in [0.29, 0.717) is 5.91 Å².